The molecule has 0 spiro atoms. The van der Waals surface area contributed by atoms with Crippen molar-refractivity contribution < 1.29 is 4.52 Å². The Morgan fingerprint density at radius 1 is 1.42 bits per heavy atom. The van der Waals surface area contributed by atoms with Gasteiger partial charge in [0.05, 0.1) is 0 Å². The van der Waals surface area contributed by atoms with Crippen molar-refractivity contribution in [2.24, 2.45) is 27.2 Å². The van der Waals surface area contributed by atoms with Crippen LogP contribution in [0.4, 0.5) is 5.88 Å². The van der Waals surface area contributed by atoms with Crippen molar-refractivity contribution in [2.45, 2.75) is 0 Å². The van der Waals surface area contributed by atoms with E-state index in [2.05, 4.69) is 24.9 Å². The average Bonchev–Trinajstić information content (AvgIpc) is 2.37. The van der Waals surface area contributed by atoms with E-state index >= 15 is 0 Å². The zero-order valence-corrected chi connectivity index (χ0v) is 6.01. The maximum absolute atomic E-state index is 5.25. The molecule has 0 saturated carbocycles. The van der Waals surface area contributed by atoms with Gasteiger partial charge in [0.2, 0.25) is 5.96 Å². The van der Waals surface area contributed by atoms with Crippen molar-refractivity contribution in [3.05, 3.63) is 6.20 Å². The lowest BCUT2D eigenvalue weighted by Crippen LogP contribution is -2.26. The maximum Gasteiger partial charge on any atom is 0.274 e. The van der Waals surface area contributed by atoms with Crippen LogP contribution in [0.15, 0.2) is 20.7 Å². The number of rotatable bonds is 1. The van der Waals surface area contributed by atoms with E-state index < -0.39 is 0 Å². The van der Waals surface area contributed by atoms with Crippen LogP contribution in [0.3, 0.4) is 0 Å². The third-order valence-electron chi connectivity index (χ3n) is 0.818. The summed E-state index contributed by atoms with van der Waals surface area (Å²) in [4.78, 5) is 7.05. The molecule has 0 aliphatic carbocycles. The molecule has 0 bridgehead atoms. The molecular formula is C4H7N7O. The van der Waals surface area contributed by atoms with Gasteiger partial charge in [-0.15, -0.1) is 5.10 Å². The summed E-state index contributed by atoms with van der Waals surface area (Å²) in [7, 11) is 0. The second-order valence-electron chi connectivity index (χ2n) is 1.76. The van der Waals surface area contributed by atoms with E-state index in [9.17, 15) is 0 Å². The Balaban J connectivity index is 2.77. The quantitative estimate of drug-likeness (QED) is 0.337. The van der Waals surface area contributed by atoms with E-state index in [0.29, 0.717) is 0 Å². The minimum atomic E-state index is -0.177. The van der Waals surface area contributed by atoms with Crippen LogP contribution in [0.25, 0.3) is 0 Å². The van der Waals surface area contributed by atoms with Crippen molar-refractivity contribution in [3.63, 3.8) is 0 Å². The fourth-order valence-corrected chi connectivity index (χ4v) is 0.481. The first-order valence-corrected chi connectivity index (χ1v) is 2.89. The van der Waals surface area contributed by atoms with Crippen LogP contribution < -0.4 is 17.2 Å². The van der Waals surface area contributed by atoms with E-state index in [0.717, 1.165) is 0 Å². The van der Waals surface area contributed by atoms with Crippen LogP contribution >= 0.6 is 0 Å². The fourth-order valence-electron chi connectivity index (χ4n) is 0.481. The second-order valence-corrected chi connectivity index (χ2v) is 1.76. The second kappa shape index (κ2) is 3.32. The van der Waals surface area contributed by atoms with Crippen LogP contribution in [0.5, 0.6) is 0 Å². The summed E-state index contributed by atoms with van der Waals surface area (Å²) in [6, 6.07) is 0. The molecule has 12 heavy (non-hydrogen) atoms. The third kappa shape index (κ3) is 2.25. The Morgan fingerprint density at radius 3 is 2.67 bits per heavy atom. The van der Waals surface area contributed by atoms with E-state index in [1.807, 2.05) is 0 Å². The van der Waals surface area contributed by atoms with E-state index in [-0.39, 0.29) is 17.8 Å². The maximum atomic E-state index is 5.25. The summed E-state index contributed by atoms with van der Waals surface area (Å²) < 4.78 is 4.51. The largest absolute Gasteiger partial charge is 0.370 e. The predicted octanol–water partition coefficient (Wildman–Crippen LogP) is -1.71. The number of nitrogens with two attached hydrogens (primary N) is 3. The molecule has 64 valence electrons. The minimum absolute atomic E-state index is 0.117. The molecule has 6 N–H and O–H groups in total. The smallest absolute Gasteiger partial charge is 0.274 e. The van der Waals surface area contributed by atoms with Crippen LogP contribution in [-0.2, 0) is 0 Å². The Bertz CT molecular complexity index is 295. The highest BCUT2D eigenvalue weighted by atomic mass is 16.5. The molecule has 0 radical (unpaired) electrons. The van der Waals surface area contributed by atoms with Gasteiger partial charge in [0, 0.05) is 5.27 Å². The molecule has 8 nitrogen and oxygen atoms in total. The number of hydrogen-bond donors (Lipinski definition) is 3. The van der Waals surface area contributed by atoms with Gasteiger partial charge in [-0.1, -0.05) is 0 Å². The summed E-state index contributed by atoms with van der Waals surface area (Å²) in [5, 5.41) is 6.52. The molecule has 0 aliphatic rings. The van der Waals surface area contributed by atoms with Crippen LogP contribution in [0, 0.1) is 0 Å². The molecule has 0 amide bonds. The van der Waals surface area contributed by atoms with Gasteiger partial charge in [-0.2, -0.15) is 9.98 Å². The summed E-state index contributed by atoms with van der Waals surface area (Å²) in [6.07, 6.45) is 1.27. The van der Waals surface area contributed by atoms with E-state index in [1.54, 1.807) is 0 Å². The van der Waals surface area contributed by atoms with Gasteiger partial charge in [-0.3, -0.25) is 0 Å². The van der Waals surface area contributed by atoms with Crippen molar-refractivity contribution in [1.82, 2.24) is 10.4 Å². The van der Waals surface area contributed by atoms with Crippen molar-refractivity contribution in [3.8, 4) is 0 Å². The van der Waals surface area contributed by atoms with Gasteiger partial charge in [0.25, 0.3) is 5.88 Å². The monoisotopic (exact) mass is 169 g/mol. The zero-order valence-electron chi connectivity index (χ0n) is 6.01. The Hall–Kier alpha value is -2.12. The molecule has 8 heteroatoms. The topological polar surface area (TPSA) is 142 Å². The van der Waals surface area contributed by atoms with Gasteiger partial charge < -0.3 is 21.7 Å². The molecule has 0 aliphatic heterocycles. The SMILES string of the molecule is NC(N)=NC(N)=Nc1cnno1. The highest BCUT2D eigenvalue weighted by Gasteiger charge is 1.95. The Kier molecular flexibility index (Phi) is 2.21. The van der Waals surface area contributed by atoms with Gasteiger partial charge in [-0.05, 0) is 0 Å². The molecule has 1 rings (SSSR count). The zero-order chi connectivity index (χ0) is 8.97. The van der Waals surface area contributed by atoms with E-state index in [1.165, 1.54) is 6.20 Å². The normalized spacial score (nSPS) is 11.2. The van der Waals surface area contributed by atoms with Crippen LogP contribution in [0.2, 0.25) is 0 Å². The summed E-state index contributed by atoms with van der Waals surface area (Å²) in [6.45, 7) is 0. The number of nitrogens with zero attached hydrogens (tertiary/aromatic N) is 4. The highest BCUT2D eigenvalue weighted by Crippen LogP contribution is 2.05. The first-order valence-electron chi connectivity index (χ1n) is 2.89. The molecule has 0 unspecified atom stereocenters. The summed E-state index contributed by atoms with van der Waals surface area (Å²) in [5.41, 5.74) is 15.3. The van der Waals surface area contributed by atoms with Gasteiger partial charge in [0.15, 0.2) is 5.96 Å². The minimum Gasteiger partial charge on any atom is -0.370 e. The number of aromatic nitrogens is 2. The molecule has 0 saturated heterocycles. The first kappa shape index (κ1) is 7.98. The molecule has 0 atom stereocenters. The predicted molar refractivity (Wildman–Crippen MR) is 41.4 cm³/mol. The lowest BCUT2D eigenvalue weighted by molar-refractivity contribution is 0.402. The summed E-state index contributed by atoms with van der Waals surface area (Å²) in [5.74, 6) is -0.158. The van der Waals surface area contributed by atoms with Crippen molar-refractivity contribution >= 4 is 17.8 Å². The Labute approximate surface area is 67.1 Å². The standard InChI is InChI=1S/C4H7N7O/c5-3(6)10-4(7)9-2-1-8-11-12-2/h1H,(H6,5,6,7,9,10). The van der Waals surface area contributed by atoms with E-state index in [4.69, 9.17) is 17.2 Å². The number of hydrogen-bond acceptors (Lipinski definition) is 4. The molecule has 0 aromatic carbocycles. The Morgan fingerprint density at radius 2 is 2.17 bits per heavy atom. The molecular weight excluding hydrogens is 162 g/mol. The average molecular weight is 169 g/mol. The molecule has 0 fully saturated rings. The van der Waals surface area contributed by atoms with Crippen molar-refractivity contribution in [2.75, 3.05) is 0 Å². The first-order chi connectivity index (χ1) is 5.68. The van der Waals surface area contributed by atoms with Gasteiger partial charge in [-0.25, -0.2) is 0 Å². The third-order valence-corrected chi connectivity index (χ3v) is 0.818. The van der Waals surface area contributed by atoms with Crippen LogP contribution in [0.1, 0.15) is 0 Å². The number of aliphatic imine (C=N–C) groups is 2. The fraction of sp³-hybridized carbons (Fsp3) is 0. The molecule has 1 aromatic rings. The summed E-state index contributed by atoms with van der Waals surface area (Å²) >= 11 is 0. The highest BCUT2D eigenvalue weighted by molar-refractivity contribution is 5.93. The molecule has 1 aromatic heterocycles. The van der Waals surface area contributed by atoms with Crippen molar-refractivity contribution in [1.29, 1.82) is 0 Å². The van der Waals surface area contributed by atoms with Gasteiger partial charge >= 0.3 is 0 Å². The van der Waals surface area contributed by atoms with Crippen LogP contribution in [-0.4, -0.2) is 22.3 Å². The van der Waals surface area contributed by atoms with Gasteiger partial charge in [0.1, 0.15) is 6.20 Å². The lowest BCUT2D eigenvalue weighted by Gasteiger charge is -1.89. The number of guanidine groups is 2. The lowest BCUT2D eigenvalue weighted by atomic mass is 10.8. The molecule has 1 heterocycles.